The van der Waals surface area contributed by atoms with Crippen molar-refractivity contribution in [3.63, 3.8) is 0 Å². The summed E-state index contributed by atoms with van der Waals surface area (Å²) in [6.07, 6.45) is 3.87. The van der Waals surface area contributed by atoms with Gasteiger partial charge in [0.2, 0.25) is 10.0 Å². The highest BCUT2D eigenvalue weighted by Crippen LogP contribution is 2.26. The van der Waals surface area contributed by atoms with Gasteiger partial charge in [0.25, 0.3) is 5.91 Å². The van der Waals surface area contributed by atoms with Gasteiger partial charge in [0, 0.05) is 19.6 Å². The van der Waals surface area contributed by atoms with E-state index in [-0.39, 0.29) is 22.5 Å². The largest absolute Gasteiger partial charge is 0.496 e. The molecule has 1 fully saturated rings. The summed E-state index contributed by atoms with van der Waals surface area (Å²) in [5.41, 5.74) is 2.14. The van der Waals surface area contributed by atoms with E-state index in [0.29, 0.717) is 32.0 Å². The van der Waals surface area contributed by atoms with Crippen LogP contribution in [0.5, 0.6) is 5.75 Å². The number of ether oxygens (including phenoxy) is 2. The van der Waals surface area contributed by atoms with Gasteiger partial charge in [-0.1, -0.05) is 37.1 Å². The Morgan fingerprint density at radius 1 is 1.03 bits per heavy atom. The fourth-order valence-electron chi connectivity index (χ4n) is 3.85. The van der Waals surface area contributed by atoms with E-state index in [0.717, 1.165) is 36.8 Å². The number of benzene rings is 2. The summed E-state index contributed by atoms with van der Waals surface area (Å²) in [5.74, 6) is -0.0573. The number of carbonyl (C=O) groups excluding carboxylic acids is 1. The van der Waals surface area contributed by atoms with Crippen molar-refractivity contribution in [2.24, 2.45) is 0 Å². The van der Waals surface area contributed by atoms with Crippen molar-refractivity contribution in [2.75, 3.05) is 20.2 Å². The van der Waals surface area contributed by atoms with Crippen LogP contribution in [0, 0.1) is 0 Å². The predicted molar refractivity (Wildman–Crippen MR) is 128 cm³/mol. The predicted octanol–water partition coefficient (Wildman–Crippen LogP) is 4.11. The second-order valence-electron chi connectivity index (χ2n) is 8.49. The lowest BCUT2D eigenvalue weighted by atomic mass is 10.1. The molecule has 0 saturated carbocycles. The molecule has 0 aliphatic carbocycles. The molecule has 1 heterocycles. The highest BCUT2D eigenvalue weighted by molar-refractivity contribution is 7.89. The lowest BCUT2D eigenvalue weighted by Crippen LogP contribution is -2.32. The fraction of sp³-hybridized carbons (Fsp3) is 0.480. The molecule has 0 atom stereocenters. The molecule has 0 unspecified atom stereocenters. The summed E-state index contributed by atoms with van der Waals surface area (Å²) in [6, 6.07) is 12.2. The Morgan fingerprint density at radius 2 is 1.70 bits per heavy atom. The molecule has 1 aliphatic heterocycles. The zero-order chi connectivity index (χ0) is 23.8. The van der Waals surface area contributed by atoms with Crippen LogP contribution < -0.4 is 10.1 Å². The lowest BCUT2D eigenvalue weighted by molar-refractivity contribution is 0.0651. The van der Waals surface area contributed by atoms with Gasteiger partial charge < -0.3 is 14.8 Å². The smallest absolute Gasteiger partial charge is 0.255 e. The third kappa shape index (κ3) is 6.56. The number of carbonyl (C=O) groups is 1. The van der Waals surface area contributed by atoms with Crippen LogP contribution in [-0.2, 0) is 27.9 Å². The fourth-order valence-corrected chi connectivity index (χ4v) is 5.40. The molecule has 0 aromatic heterocycles. The topological polar surface area (TPSA) is 84.9 Å². The normalized spacial score (nSPS) is 15.3. The molecule has 0 bridgehead atoms. The van der Waals surface area contributed by atoms with Crippen molar-refractivity contribution < 1.29 is 22.7 Å². The monoisotopic (exact) mass is 474 g/mol. The molecule has 1 aliphatic rings. The molecule has 1 amide bonds. The minimum absolute atomic E-state index is 0.103. The van der Waals surface area contributed by atoms with E-state index in [1.165, 1.54) is 23.5 Å². The molecule has 2 aromatic carbocycles. The lowest BCUT2D eigenvalue weighted by Gasteiger charge is -2.21. The van der Waals surface area contributed by atoms with Crippen molar-refractivity contribution >= 4 is 15.9 Å². The summed E-state index contributed by atoms with van der Waals surface area (Å²) in [6.45, 7) is 5.71. The molecule has 180 valence electrons. The Bertz CT molecular complexity index is 1040. The zero-order valence-electron chi connectivity index (χ0n) is 19.7. The van der Waals surface area contributed by atoms with Gasteiger partial charge >= 0.3 is 0 Å². The first-order valence-corrected chi connectivity index (χ1v) is 12.9. The number of amides is 1. The summed E-state index contributed by atoms with van der Waals surface area (Å²) in [4.78, 5) is 13.2. The van der Waals surface area contributed by atoms with Crippen molar-refractivity contribution in [3.05, 3.63) is 59.2 Å². The van der Waals surface area contributed by atoms with Gasteiger partial charge in [-0.2, -0.15) is 4.31 Å². The molecule has 0 radical (unpaired) electrons. The number of methoxy groups -OCH3 is 1. The highest BCUT2D eigenvalue weighted by Gasteiger charge is 2.27. The summed E-state index contributed by atoms with van der Waals surface area (Å²) in [5, 5.41) is 2.90. The Morgan fingerprint density at radius 3 is 2.33 bits per heavy atom. The van der Waals surface area contributed by atoms with Crippen LogP contribution in [0.15, 0.2) is 47.4 Å². The Labute approximate surface area is 197 Å². The van der Waals surface area contributed by atoms with Gasteiger partial charge in [-0.25, -0.2) is 8.42 Å². The molecule has 7 nitrogen and oxygen atoms in total. The molecule has 1 saturated heterocycles. The second kappa shape index (κ2) is 11.6. The van der Waals surface area contributed by atoms with Gasteiger partial charge in [-0.15, -0.1) is 0 Å². The minimum Gasteiger partial charge on any atom is -0.496 e. The number of hydrogen-bond acceptors (Lipinski definition) is 5. The van der Waals surface area contributed by atoms with E-state index in [1.54, 1.807) is 6.07 Å². The molecular weight excluding hydrogens is 440 g/mol. The van der Waals surface area contributed by atoms with Crippen LogP contribution in [0.25, 0.3) is 0 Å². The van der Waals surface area contributed by atoms with E-state index in [1.807, 2.05) is 38.1 Å². The van der Waals surface area contributed by atoms with Crippen LogP contribution in [0.1, 0.15) is 61.0 Å². The Hall–Kier alpha value is -2.42. The summed E-state index contributed by atoms with van der Waals surface area (Å²) >= 11 is 0. The maximum absolute atomic E-state index is 13.2. The van der Waals surface area contributed by atoms with Crippen LogP contribution >= 0.6 is 0 Å². The maximum Gasteiger partial charge on any atom is 0.255 e. The number of nitrogens with zero attached hydrogens (tertiary/aromatic N) is 1. The zero-order valence-corrected chi connectivity index (χ0v) is 20.5. The molecule has 0 spiro atoms. The number of nitrogens with one attached hydrogen (secondary N) is 1. The van der Waals surface area contributed by atoms with Gasteiger partial charge in [-0.3, -0.25) is 4.79 Å². The van der Waals surface area contributed by atoms with Crippen LogP contribution in [0.4, 0.5) is 0 Å². The molecule has 3 rings (SSSR count). The quantitative estimate of drug-likeness (QED) is 0.591. The SMILES string of the molecule is COc1ccc(S(=O)(=O)N2CCCCCC2)cc1C(=O)NCc1ccccc1COC(C)C. The minimum atomic E-state index is -3.67. The number of sulfonamides is 1. The van der Waals surface area contributed by atoms with Gasteiger partial charge in [-0.05, 0) is 56.0 Å². The number of rotatable bonds is 9. The molecule has 2 aromatic rings. The van der Waals surface area contributed by atoms with E-state index >= 15 is 0 Å². The van der Waals surface area contributed by atoms with Crippen molar-refractivity contribution in [3.8, 4) is 5.75 Å². The van der Waals surface area contributed by atoms with E-state index < -0.39 is 10.0 Å². The van der Waals surface area contributed by atoms with Crippen molar-refractivity contribution in [2.45, 2.75) is 63.7 Å². The standard InChI is InChI=1S/C25H34N2O5S/c1-19(2)32-18-21-11-7-6-10-20(21)17-26-25(28)23-16-22(12-13-24(23)31-3)33(29,30)27-14-8-4-5-9-15-27/h6-7,10-13,16,19H,4-5,8-9,14-15,17-18H2,1-3H3,(H,26,28). The first-order chi connectivity index (χ1) is 15.8. The molecular formula is C25H34N2O5S. The second-order valence-corrected chi connectivity index (χ2v) is 10.4. The summed E-state index contributed by atoms with van der Waals surface area (Å²) < 4.78 is 39.0. The van der Waals surface area contributed by atoms with Crippen molar-refractivity contribution in [1.29, 1.82) is 0 Å². The Balaban J connectivity index is 1.79. The van der Waals surface area contributed by atoms with Crippen LogP contribution in [0.2, 0.25) is 0 Å². The van der Waals surface area contributed by atoms with Gasteiger partial charge in [0.05, 0.1) is 30.3 Å². The third-order valence-electron chi connectivity index (χ3n) is 5.75. The maximum atomic E-state index is 13.2. The highest BCUT2D eigenvalue weighted by atomic mass is 32.2. The Kier molecular flexibility index (Phi) is 8.88. The van der Waals surface area contributed by atoms with Crippen LogP contribution in [0.3, 0.4) is 0 Å². The van der Waals surface area contributed by atoms with E-state index in [4.69, 9.17) is 9.47 Å². The molecule has 8 heteroatoms. The van der Waals surface area contributed by atoms with Crippen molar-refractivity contribution in [1.82, 2.24) is 9.62 Å². The molecule has 1 N–H and O–H groups in total. The first kappa shape index (κ1) is 25.2. The summed E-state index contributed by atoms with van der Waals surface area (Å²) in [7, 11) is -2.21. The third-order valence-corrected chi connectivity index (χ3v) is 7.64. The average molecular weight is 475 g/mol. The number of hydrogen-bond donors (Lipinski definition) is 1. The molecule has 33 heavy (non-hydrogen) atoms. The van der Waals surface area contributed by atoms with E-state index in [2.05, 4.69) is 5.32 Å². The average Bonchev–Trinajstić information content (AvgIpc) is 3.11. The van der Waals surface area contributed by atoms with Crippen LogP contribution in [-0.4, -0.2) is 44.9 Å². The van der Waals surface area contributed by atoms with E-state index in [9.17, 15) is 13.2 Å². The van der Waals surface area contributed by atoms with Gasteiger partial charge in [0.15, 0.2) is 0 Å². The van der Waals surface area contributed by atoms with Gasteiger partial charge in [0.1, 0.15) is 5.75 Å². The first-order valence-electron chi connectivity index (χ1n) is 11.5.